The third-order valence-corrected chi connectivity index (χ3v) is 4.34. The molecule has 2 atom stereocenters. The minimum absolute atomic E-state index is 0.193. The van der Waals surface area contributed by atoms with Crippen molar-refractivity contribution in [1.82, 2.24) is 5.32 Å². The Hall–Kier alpha value is -1.06. The molecule has 1 amide bonds. The highest BCUT2D eigenvalue weighted by molar-refractivity contribution is 6.04. The lowest BCUT2D eigenvalue weighted by atomic mass is 9.82. The molecule has 2 rings (SSSR count). The monoisotopic (exact) mass is 239 g/mol. The van der Waals surface area contributed by atoms with Crippen LogP contribution in [0.1, 0.15) is 51.9 Å². The Balaban J connectivity index is 1.96. The van der Waals surface area contributed by atoms with Gasteiger partial charge in [0.15, 0.2) is 0 Å². The topological polar surface area (TPSA) is 66.4 Å². The highest BCUT2D eigenvalue weighted by Crippen LogP contribution is 2.46. The number of rotatable bonds is 4. The molecule has 2 aliphatic rings. The number of carboxylic acids is 1. The molecule has 0 bridgehead atoms. The van der Waals surface area contributed by atoms with Gasteiger partial charge in [-0.05, 0) is 31.6 Å². The predicted molar refractivity (Wildman–Crippen MR) is 63.5 cm³/mol. The van der Waals surface area contributed by atoms with Gasteiger partial charge in [0, 0.05) is 6.04 Å². The molecule has 0 aliphatic heterocycles. The maximum Gasteiger partial charge on any atom is 0.319 e. The molecule has 4 nitrogen and oxygen atoms in total. The predicted octanol–water partition coefficient (Wildman–Crippen LogP) is 1.94. The van der Waals surface area contributed by atoms with Gasteiger partial charge in [-0.3, -0.25) is 9.59 Å². The number of hydrogen-bond donors (Lipinski definition) is 2. The number of nitrogens with one attached hydrogen (secondary N) is 1. The number of carbonyl (C=O) groups excluding carboxylic acids is 1. The summed E-state index contributed by atoms with van der Waals surface area (Å²) in [7, 11) is 0. The fourth-order valence-corrected chi connectivity index (χ4v) is 2.86. The molecule has 2 N–H and O–H groups in total. The third-order valence-electron chi connectivity index (χ3n) is 4.34. The number of carboxylic acid groups (broad SMARTS) is 1. The Kier molecular flexibility index (Phi) is 3.40. The molecule has 0 radical (unpaired) electrons. The quantitative estimate of drug-likeness (QED) is 0.737. The van der Waals surface area contributed by atoms with E-state index in [1.54, 1.807) is 0 Å². The molecule has 96 valence electrons. The van der Waals surface area contributed by atoms with Crippen LogP contribution in [0.4, 0.5) is 0 Å². The van der Waals surface area contributed by atoms with Crippen LogP contribution in [0.3, 0.4) is 0 Å². The van der Waals surface area contributed by atoms with Crippen molar-refractivity contribution in [1.29, 1.82) is 0 Å². The Labute approximate surface area is 102 Å². The summed E-state index contributed by atoms with van der Waals surface area (Å²) in [5.41, 5.74) is -1.09. The summed E-state index contributed by atoms with van der Waals surface area (Å²) in [5.74, 6) is -0.688. The molecule has 4 heteroatoms. The Morgan fingerprint density at radius 3 is 2.47 bits per heavy atom. The van der Waals surface area contributed by atoms with E-state index in [9.17, 15) is 9.59 Å². The van der Waals surface area contributed by atoms with Crippen molar-refractivity contribution in [2.75, 3.05) is 0 Å². The summed E-state index contributed by atoms with van der Waals surface area (Å²) >= 11 is 0. The van der Waals surface area contributed by atoms with Gasteiger partial charge in [0.2, 0.25) is 5.91 Å². The smallest absolute Gasteiger partial charge is 0.319 e. The molecular weight excluding hydrogens is 218 g/mol. The molecule has 17 heavy (non-hydrogen) atoms. The molecule has 0 aromatic heterocycles. The van der Waals surface area contributed by atoms with Crippen molar-refractivity contribution in [3.63, 3.8) is 0 Å². The van der Waals surface area contributed by atoms with E-state index in [-0.39, 0.29) is 11.9 Å². The van der Waals surface area contributed by atoms with E-state index in [1.165, 1.54) is 6.42 Å². The summed E-state index contributed by atoms with van der Waals surface area (Å²) in [4.78, 5) is 23.1. The van der Waals surface area contributed by atoms with E-state index in [1.807, 2.05) is 0 Å². The van der Waals surface area contributed by atoms with Crippen LogP contribution in [-0.4, -0.2) is 23.0 Å². The zero-order chi connectivity index (χ0) is 12.5. The first-order chi connectivity index (χ1) is 8.10. The summed E-state index contributed by atoms with van der Waals surface area (Å²) in [6, 6.07) is 0.193. The third kappa shape index (κ3) is 2.31. The van der Waals surface area contributed by atoms with Crippen molar-refractivity contribution in [2.24, 2.45) is 11.3 Å². The average Bonchev–Trinajstić information content (AvgIpc) is 3.10. The first-order valence-corrected chi connectivity index (χ1v) is 6.64. The van der Waals surface area contributed by atoms with E-state index in [0.29, 0.717) is 18.8 Å². The molecule has 2 unspecified atom stereocenters. The first-order valence-electron chi connectivity index (χ1n) is 6.64. The summed E-state index contributed by atoms with van der Waals surface area (Å²) in [6.45, 7) is 2.14. The lowest BCUT2D eigenvalue weighted by molar-refractivity contribution is -0.149. The summed E-state index contributed by atoms with van der Waals surface area (Å²) in [6.07, 6.45) is 6.58. The van der Waals surface area contributed by atoms with Gasteiger partial charge in [-0.25, -0.2) is 0 Å². The molecule has 0 saturated heterocycles. The Morgan fingerprint density at radius 1 is 1.29 bits per heavy atom. The van der Waals surface area contributed by atoms with Crippen molar-refractivity contribution >= 4 is 11.9 Å². The molecule has 2 fully saturated rings. The molecule has 0 spiro atoms. The van der Waals surface area contributed by atoms with Gasteiger partial charge < -0.3 is 10.4 Å². The van der Waals surface area contributed by atoms with Gasteiger partial charge in [-0.2, -0.15) is 0 Å². The van der Waals surface area contributed by atoms with Crippen molar-refractivity contribution in [2.45, 2.75) is 57.9 Å². The fourth-order valence-electron chi connectivity index (χ4n) is 2.86. The highest BCUT2D eigenvalue weighted by atomic mass is 16.4. The second kappa shape index (κ2) is 4.67. The van der Waals surface area contributed by atoms with Crippen LogP contribution >= 0.6 is 0 Å². The summed E-state index contributed by atoms with van der Waals surface area (Å²) < 4.78 is 0. The van der Waals surface area contributed by atoms with Crippen molar-refractivity contribution < 1.29 is 14.7 Å². The van der Waals surface area contributed by atoms with Crippen LogP contribution in [0.2, 0.25) is 0 Å². The molecule has 0 aromatic rings. The minimum atomic E-state index is -1.09. The van der Waals surface area contributed by atoms with Gasteiger partial charge in [0.25, 0.3) is 0 Å². The van der Waals surface area contributed by atoms with Crippen LogP contribution in [0, 0.1) is 11.3 Å². The standard InChI is InChI=1S/C13H21NO3/c1-2-9-5-3-4-6-10(9)14-11(15)13(7-8-13)12(16)17/h9-10H,2-8H2,1H3,(H,14,15)(H,16,17). The van der Waals surface area contributed by atoms with Gasteiger partial charge in [-0.1, -0.05) is 26.2 Å². The normalized spacial score (nSPS) is 30.6. The van der Waals surface area contributed by atoms with Gasteiger partial charge in [0.1, 0.15) is 5.41 Å². The fraction of sp³-hybridized carbons (Fsp3) is 0.846. The zero-order valence-electron chi connectivity index (χ0n) is 10.4. The zero-order valence-corrected chi connectivity index (χ0v) is 10.4. The molecule has 0 heterocycles. The number of carbonyl (C=O) groups is 2. The van der Waals surface area contributed by atoms with Gasteiger partial charge >= 0.3 is 5.97 Å². The van der Waals surface area contributed by atoms with Crippen LogP contribution in [-0.2, 0) is 9.59 Å². The molecule has 2 aliphatic carbocycles. The van der Waals surface area contributed by atoms with E-state index in [4.69, 9.17) is 5.11 Å². The Bertz CT molecular complexity index is 323. The maximum absolute atomic E-state index is 12.0. The van der Waals surface area contributed by atoms with Crippen LogP contribution in [0.15, 0.2) is 0 Å². The Morgan fingerprint density at radius 2 is 1.94 bits per heavy atom. The van der Waals surface area contributed by atoms with Crippen LogP contribution < -0.4 is 5.32 Å². The van der Waals surface area contributed by atoms with Gasteiger partial charge in [-0.15, -0.1) is 0 Å². The van der Waals surface area contributed by atoms with Crippen LogP contribution in [0.5, 0.6) is 0 Å². The molecule has 2 saturated carbocycles. The lowest BCUT2D eigenvalue weighted by Crippen LogP contribution is -2.47. The largest absolute Gasteiger partial charge is 0.480 e. The highest BCUT2D eigenvalue weighted by Gasteiger charge is 2.57. The number of amides is 1. The first kappa shape index (κ1) is 12.4. The summed E-state index contributed by atoms with van der Waals surface area (Å²) in [5, 5.41) is 12.1. The average molecular weight is 239 g/mol. The van der Waals surface area contributed by atoms with E-state index < -0.39 is 11.4 Å². The maximum atomic E-state index is 12.0. The minimum Gasteiger partial charge on any atom is -0.480 e. The van der Waals surface area contributed by atoms with Gasteiger partial charge in [0.05, 0.1) is 0 Å². The second-order valence-electron chi connectivity index (χ2n) is 5.42. The lowest BCUT2D eigenvalue weighted by Gasteiger charge is -2.32. The second-order valence-corrected chi connectivity index (χ2v) is 5.42. The SMILES string of the molecule is CCC1CCCCC1NC(=O)C1(C(=O)O)CC1. The van der Waals surface area contributed by atoms with E-state index in [2.05, 4.69) is 12.2 Å². The van der Waals surface area contributed by atoms with E-state index >= 15 is 0 Å². The van der Waals surface area contributed by atoms with E-state index in [0.717, 1.165) is 25.7 Å². The number of aliphatic carboxylic acids is 1. The van der Waals surface area contributed by atoms with Crippen molar-refractivity contribution in [3.8, 4) is 0 Å². The molecule has 0 aromatic carbocycles. The van der Waals surface area contributed by atoms with Crippen LogP contribution in [0.25, 0.3) is 0 Å². The number of hydrogen-bond acceptors (Lipinski definition) is 2. The molecular formula is C13H21NO3. The van der Waals surface area contributed by atoms with Crippen molar-refractivity contribution in [3.05, 3.63) is 0 Å².